The Balaban J connectivity index is 2.16. The van der Waals surface area contributed by atoms with Crippen LogP contribution in [0, 0.1) is 5.82 Å². The molecule has 0 saturated heterocycles. The van der Waals surface area contributed by atoms with Gasteiger partial charge in [-0.3, -0.25) is 4.98 Å². The highest BCUT2D eigenvalue weighted by Crippen LogP contribution is 2.37. The van der Waals surface area contributed by atoms with Crippen LogP contribution in [-0.2, 0) is 6.42 Å². The van der Waals surface area contributed by atoms with Gasteiger partial charge in [0.2, 0.25) is 0 Å². The van der Waals surface area contributed by atoms with Gasteiger partial charge in [0, 0.05) is 17.8 Å². The second-order valence-corrected chi connectivity index (χ2v) is 4.61. The predicted octanol–water partition coefficient (Wildman–Crippen LogP) is 3.09. The average molecular weight is 242 g/mol. The number of fused-ring (bicyclic) bond motifs is 1. The summed E-state index contributed by atoms with van der Waals surface area (Å²) >= 11 is 0. The zero-order valence-corrected chi connectivity index (χ0v) is 10.3. The zero-order valence-electron chi connectivity index (χ0n) is 10.3. The number of halogens is 1. The van der Waals surface area contributed by atoms with Gasteiger partial charge in [-0.25, -0.2) is 4.39 Å². The van der Waals surface area contributed by atoms with Gasteiger partial charge in [-0.2, -0.15) is 0 Å². The number of pyridine rings is 1. The van der Waals surface area contributed by atoms with E-state index in [1.165, 1.54) is 17.3 Å². The van der Waals surface area contributed by atoms with Crippen molar-refractivity contribution in [1.29, 1.82) is 0 Å². The Bertz CT molecular complexity index is 580. The molecule has 0 radical (unpaired) electrons. The van der Waals surface area contributed by atoms with Gasteiger partial charge in [-0.1, -0.05) is 18.2 Å². The van der Waals surface area contributed by atoms with Gasteiger partial charge in [0.05, 0.1) is 6.20 Å². The normalized spacial score (nSPS) is 17.8. The molecule has 2 nitrogen and oxygen atoms in total. The summed E-state index contributed by atoms with van der Waals surface area (Å²) in [6, 6.07) is 8.27. The van der Waals surface area contributed by atoms with E-state index in [9.17, 15) is 4.39 Å². The van der Waals surface area contributed by atoms with E-state index in [1.807, 2.05) is 19.2 Å². The van der Waals surface area contributed by atoms with Crippen molar-refractivity contribution >= 4 is 0 Å². The number of hydrogen-bond donors (Lipinski definition) is 1. The summed E-state index contributed by atoms with van der Waals surface area (Å²) in [6.07, 6.45) is 5.00. The Hall–Kier alpha value is -1.74. The summed E-state index contributed by atoms with van der Waals surface area (Å²) in [6.45, 7) is 0. The SMILES string of the molecule is CNC1CCc2c(-c3ccncc3F)cccc21. The molecule has 0 aliphatic heterocycles. The number of aromatic nitrogens is 1. The Labute approximate surface area is 106 Å². The van der Waals surface area contributed by atoms with Gasteiger partial charge < -0.3 is 5.32 Å². The first kappa shape index (κ1) is 11.4. The smallest absolute Gasteiger partial charge is 0.149 e. The topological polar surface area (TPSA) is 24.9 Å². The van der Waals surface area contributed by atoms with Crippen LogP contribution in [-0.4, -0.2) is 12.0 Å². The fourth-order valence-corrected chi connectivity index (χ4v) is 2.80. The van der Waals surface area contributed by atoms with Gasteiger partial charge in [-0.05, 0) is 42.6 Å². The second-order valence-electron chi connectivity index (χ2n) is 4.61. The van der Waals surface area contributed by atoms with E-state index in [0.717, 1.165) is 18.4 Å². The maximum absolute atomic E-state index is 13.8. The van der Waals surface area contributed by atoms with E-state index in [4.69, 9.17) is 0 Å². The monoisotopic (exact) mass is 242 g/mol. The molecule has 3 heteroatoms. The van der Waals surface area contributed by atoms with Crippen LogP contribution in [0.25, 0.3) is 11.1 Å². The van der Waals surface area contributed by atoms with Crippen LogP contribution in [0.3, 0.4) is 0 Å². The van der Waals surface area contributed by atoms with Crippen molar-refractivity contribution in [3.05, 3.63) is 53.6 Å². The molecule has 92 valence electrons. The highest BCUT2D eigenvalue weighted by Gasteiger charge is 2.24. The molecule has 1 atom stereocenters. The van der Waals surface area contributed by atoms with Crippen molar-refractivity contribution < 1.29 is 4.39 Å². The van der Waals surface area contributed by atoms with Crippen LogP contribution in [0.1, 0.15) is 23.6 Å². The first-order valence-corrected chi connectivity index (χ1v) is 6.20. The summed E-state index contributed by atoms with van der Waals surface area (Å²) in [7, 11) is 1.97. The fraction of sp³-hybridized carbons (Fsp3) is 0.267. The maximum Gasteiger partial charge on any atom is 0.149 e. The molecule has 1 aliphatic carbocycles. The van der Waals surface area contributed by atoms with E-state index in [2.05, 4.69) is 16.4 Å². The summed E-state index contributed by atoms with van der Waals surface area (Å²) in [4.78, 5) is 3.81. The highest BCUT2D eigenvalue weighted by molar-refractivity contribution is 5.70. The molecule has 1 aliphatic rings. The van der Waals surface area contributed by atoms with Crippen molar-refractivity contribution in [2.45, 2.75) is 18.9 Å². The Morgan fingerprint density at radius 1 is 1.28 bits per heavy atom. The van der Waals surface area contributed by atoms with Gasteiger partial charge in [0.15, 0.2) is 0 Å². The largest absolute Gasteiger partial charge is 0.313 e. The third kappa shape index (κ3) is 1.71. The lowest BCUT2D eigenvalue weighted by atomic mass is 9.97. The lowest BCUT2D eigenvalue weighted by Crippen LogP contribution is -2.12. The first-order chi connectivity index (χ1) is 8.81. The van der Waals surface area contributed by atoms with E-state index in [0.29, 0.717) is 11.6 Å². The van der Waals surface area contributed by atoms with Crippen molar-refractivity contribution in [3.63, 3.8) is 0 Å². The number of hydrogen-bond acceptors (Lipinski definition) is 2. The standard InChI is InChI=1S/C15H15FN2/c1-17-15-6-5-11-10(3-2-4-13(11)15)12-7-8-18-9-14(12)16/h2-4,7-9,15,17H,5-6H2,1H3. The van der Waals surface area contributed by atoms with Crippen LogP contribution < -0.4 is 5.32 Å². The molecule has 1 unspecified atom stereocenters. The molecule has 18 heavy (non-hydrogen) atoms. The first-order valence-electron chi connectivity index (χ1n) is 6.20. The number of nitrogens with one attached hydrogen (secondary N) is 1. The summed E-state index contributed by atoms with van der Waals surface area (Å²) in [5.41, 5.74) is 4.22. The molecule has 3 rings (SSSR count). The molecule has 0 bridgehead atoms. The average Bonchev–Trinajstić information content (AvgIpc) is 2.82. The Kier molecular flexibility index (Phi) is 2.84. The van der Waals surface area contributed by atoms with E-state index >= 15 is 0 Å². The Morgan fingerprint density at radius 2 is 2.17 bits per heavy atom. The molecule has 1 aromatic heterocycles. The van der Waals surface area contributed by atoms with Crippen LogP contribution in [0.4, 0.5) is 4.39 Å². The minimum atomic E-state index is -0.251. The third-order valence-corrected chi connectivity index (χ3v) is 3.68. The van der Waals surface area contributed by atoms with Gasteiger partial charge >= 0.3 is 0 Å². The predicted molar refractivity (Wildman–Crippen MR) is 69.8 cm³/mol. The van der Waals surface area contributed by atoms with E-state index < -0.39 is 0 Å². The van der Waals surface area contributed by atoms with E-state index in [-0.39, 0.29) is 5.82 Å². The van der Waals surface area contributed by atoms with Gasteiger partial charge in [-0.15, -0.1) is 0 Å². The minimum absolute atomic E-state index is 0.251. The van der Waals surface area contributed by atoms with Crippen molar-refractivity contribution in [2.24, 2.45) is 0 Å². The third-order valence-electron chi connectivity index (χ3n) is 3.68. The number of nitrogens with zero attached hydrogens (tertiary/aromatic N) is 1. The molecule has 1 aromatic carbocycles. The van der Waals surface area contributed by atoms with Gasteiger partial charge in [0.1, 0.15) is 5.82 Å². The van der Waals surface area contributed by atoms with Crippen LogP contribution in [0.2, 0.25) is 0 Å². The lowest BCUT2D eigenvalue weighted by molar-refractivity contribution is 0.590. The molecule has 1 heterocycles. The highest BCUT2D eigenvalue weighted by atomic mass is 19.1. The summed E-state index contributed by atoms with van der Waals surface area (Å²) in [5.74, 6) is -0.251. The van der Waals surface area contributed by atoms with Crippen molar-refractivity contribution in [3.8, 4) is 11.1 Å². The summed E-state index contributed by atoms with van der Waals surface area (Å²) < 4.78 is 13.8. The Morgan fingerprint density at radius 3 is 2.94 bits per heavy atom. The number of benzene rings is 1. The minimum Gasteiger partial charge on any atom is -0.313 e. The van der Waals surface area contributed by atoms with Crippen molar-refractivity contribution in [2.75, 3.05) is 7.05 Å². The van der Waals surface area contributed by atoms with Crippen LogP contribution in [0.5, 0.6) is 0 Å². The van der Waals surface area contributed by atoms with Gasteiger partial charge in [0.25, 0.3) is 0 Å². The van der Waals surface area contributed by atoms with E-state index in [1.54, 1.807) is 12.3 Å². The molecule has 1 N–H and O–H groups in total. The molecular formula is C15H15FN2. The van der Waals surface area contributed by atoms with Crippen LogP contribution in [0.15, 0.2) is 36.7 Å². The quantitative estimate of drug-likeness (QED) is 0.875. The second kappa shape index (κ2) is 4.50. The molecule has 0 amide bonds. The molecule has 0 saturated carbocycles. The molecule has 0 spiro atoms. The summed E-state index contributed by atoms with van der Waals surface area (Å²) in [5, 5.41) is 3.31. The van der Waals surface area contributed by atoms with Crippen molar-refractivity contribution in [1.82, 2.24) is 10.3 Å². The van der Waals surface area contributed by atoms with Crippen LogP contribution >= 0.6 is 0 Å². The maximum atomic E-state index is 13.8. The molecule has 0 fully saturated rings. The lowest BCUT2D eigenvalue weighted by Gasteiger charge is -2.12. The zero-order chi connectivity index (χ0) is 12.5. The molecular weight excluding hydrogens is 227 g/mol. The molecule has 2 aromatic rings. The fourth-order valence-electron chi connectivity index (χ4n) is 2.80. The number of rotatable bonds is 2.